The maximum absolute atomic E-state index is 9.60. The molecule has 0 radical (unpaired) electrons. The molecule has 0 aromatic rings. The van der Waals surface area contributed by atoms with Gasteiger partial charge in [0.2, 0.25) is 0 Å². The second-order valence-corrected chi connectivity index (χ2v) is 7.45. The summed E-state index contributed by atoms with van der Waals surface area (Å²) in [5, 5.41) is 0. The van der Waals surface area contributed by atoms with Crippen molar-refractivity contribution in [3.8, 4) is 0 Å². The lowest BCUT2D eigenvalue weighted by atomic mass is 10.3. The fourth-order valence-corrected chi connectivity index (χ4v) is 1.84. The van der Waals surface area contributed by atoms with Crippen molar-refractivity contribution in [1.82, 2.24) is 0 Å². The van der Waals surface area contributed by atoms with Gasteiger partial charge in [-0.3, -0.25) is 0 Å². The van der Waals surface area contributed by atoms with Crippen molar-refractivity contribution in [1.29, 1.82) is 0 Å². The molecule has 0 aliphatic heterocycles. The summed E-state index contributed by atoms with van der Waals surface area (Å²) in [4.78, 5) is 9.60. The molecule has 3 N–H and O–H groups in total. The SMILES string of the molecule is [3H]N[C@@H](C)[C@@H](C)[Si](C)(C)O. The molecule has 2 atom stereocenters. The quantitative estimate of drug-likeness (QED) is 0.586. The Kier molecular flexibility index (Phi) is 2.27. The van der Waals surface area contributed by atoms with Crippen LogP contribution < -0.4 is 5.73 Å². The second kappa shape index (κ2) is 2.81. The van der Waals surface area contributed by atoms with Crippen molar-refractivity contribution >= 4 is 8.32 Å². The average Bonchev–Trinajstić information content (AvgIpc) is 1.83. The van der Waals surface area contributed by atoms with E-state index in [1.807, 2.05) is 26.9 Å². The van der Waals surface area contributed by atoms with Crippen molar-refractivity contribution < 1.29 is 6.21 Å². The monoisotopic (exact) mass is 149 g/mol. The highest BCUT2D eigenvalue weighted by Gasteiger charge is 2.28. The van der Waals surface area contributed by atoms with Crippen LogP contribution in [0.15, 0.2) is 0 Å². The van der Waals surface area contributed by atoms with Crippen molar-refractivity contribution in [3.63, 3.8) is 0 Å². The van der Waals surface area contributed by atoms with Gasteiger partial charge < -0.3 is 10.5 Å². The van der Waals surface area contributed by atoms with Crippen LogP contribution in [-0.4, -0.2) is 19.2 Å². The Labute approximate surface area is 59.7 Å². The Hall–Kier alpha value is 0.137. The molecule has 0 amide bonds. The van der Waals surface area contributed by atoms with Gasteiger partial charge in [-0.05, 0) is 25.6 Å². The molecule has 0 rings (SSSR count). The molecule has 0 aromatic carbocycles. The van der Waals surface area contributed by atoms with E-state index in [9.17, 15) is 4.80 Å². The molecule has 0 fully saturated rings. The fraction of sp³-hybridized carbons (Fsp3) is 1.00. The highest BCUT2D eigenvalue weighted by atomic mass is 28.4. The normalized spacial score (nSPS) is 20.8. The summed E-state index contributed by atoms with van der Waals surface area (Å²) in [5.74, 6) is 0. The third kappa shape index (κ3) is 2.98. The predicted molar refractivity (Wildman–Crippen MR) is 42.8 cm³/mol. The summed E-state index contributed by atoms with van der Waals surface area (Å²) in [7, 11) is -2.03. The first kappa shape index (κ1) is 7.25. The molecule has 0 unspecified atom stereocenters. The first-order valence-corrected chi connectivity index (χ1v) is 6.31. The lowest BCUT2D eigenvalue weighted by Gasteiger charge is -2.25. The smallest absolute Gasteiger partial charge is 0.186 e. The van der Waals surface area contributed by atoms with E-state index in [-0.39, 0.29) is 11.6 Å². The van der Waals surface area contributed by atoms with Gasteiger partial charge in [0.15, 0.2) is 8.32 Å². The van der Waals surface area contributed by atoms with Gasteiger partial charge in [0.25, 0.3) is 0 Å². The third-order valence-electron chi connectivity index (χ3n) is 1.86. The molecule has 0 saturated carbocycles. The van der Waals surface area contributed by atoms with Crippen LogP contribution in [0.4, 0.5) is 0 Å². The van der Waals surface area contributed by atoms with E-state index in [2.05, 4.69) is 5.73 Å². The molecular formula is C6H17NOSi. The summed E-state index contributed by atoms with van der Waals surface area (Å²) < 4.78 is 6.88. The Bertz CT molecular complexity index is 104. The summed E-state index contributed by atoms with van der Waals surface area (Å²) in [5.41, 5.74) is 2.62. The minimum absolute atomic E-state index is 0.0895. The molecule has 0 heterocycles. The van der Waals surface area contributed by atoms with Crippen LogP contribution in [0, 0.1) is 0 Å². The molecule has 56 valence electrons. The third-order valence-corrected chi connectivity index (χ3v) is 4.59. The summed E-state index contributed by atoms with van der Waals surface area (Å²) in [6.07, 6.45) is 0. The van der Waals surface area contributed by atoms with Crippen molar-refractivity contribution in [2.45, 2.75) is 38.5 Å². The van der Waals surface area contributed by atoms with Gasteiger partial charge in [-0.1, -0.05) is 6.92 Å². The van der Waals surface area contributed by atoms with E-state index >= 15 is 0 Å². The zero-order valence-corrected chi connectivity index (χ0v) is 7.60. The van der Waals surface area contributed by atoms with Gasteiger partial charge in [-0.2, -0.15) is 0 Å². The van der Waals surface area contributed by atoms with E-state index in [0.717, 1.165) is 0 Å². The highest BCUT2D eigenvalue weighted by molar-refractivity contribution is 6.71. The topological polar surface area (TPSA) is 46.2 Å². The van der Waals surface area contributed by atoms with Gasteiger partial charge >= 0.3 is 0 Å². The van der Waals surface area contributed by atoms with Crippen molar-refractivity contribution in [3.05, 3.63) is 0 Å². The lowest BCUT2D eigenvalue weighted by molar-refractivity contribution is 0.505. The average molecular weight is 149 g/mol. The number of nitrogens with two attached hydrogens (primary N) is 1. The molecule has 9 heavy (non-hydrogen) atoms. The van der Waals surface area contributed by atoms with Gasteiger partial charge in [-0.15, -0.1) is 0 Å². The van der Waals surface area contributed by atoms with Gasteiger partial charge in [0.05, 0.1) is 0 Å². The van der Waals surface area contributed by atoms with E-state index < -0.39 is 8.32 Å². The Morgan fingerprint density at radius 3 is 2.11 bits per heavy atom. The van der Waals surface area contributed by atoms with Gasteiger partial charge in [0, 0.05) is 6.04 Å². The van der Waals surface area contributed by atoms with Gasteiger partial charge in [0.1, 0.15) is 1.41 Å². The molecule has 0 saturated heterocycles. The van der Waals surface area contributed by atoms with E-state index in [0.29, 0.717) is 0 Å². The molecule has 2 nitrogen and oxygen atoms in total. The predicted octanol–water partition coefficient (Wildman–Crippen LogP) is 0.921. The van der Waals surface area contributed by atoms with Crippen LogP contribution in [0.3, 0.4) is 0 Å². The van der Waals surface area contributed by atoms with E-state index in [1.165, 1.54) is 0 Å². The van der Waals surface area contributed by atoms with Crippen molar-refractivity contribution in [2.24, 2.45) is 5.73 Å². The van der Waals surface area contributed by atoms with Crippen LogP contribution in [0.1, 0.15) is 13.8 Å². The largest absolute Gasteiger partial charge is 0.432 e. The molecule has 0 spiro atoms. The second-order valence-electron chi connectivity index (χ2n) is 3.23. The summed E-state index contributed by atoms with van der Waals surface area (Å²) >= 11 is 0. The molecule has 0 aliphatic carbocycles. The fourth-order valence-electron chi connectivity index (χ4n) is 0.612. The Morgan fingerprint density at radius 1 is 1.56 bits per heavy atom. The van der Waals surface area contributed by atoms with Crippen LogP contribution >= 0.6 is 0 Å². The first-order valence-electron chi connectivity index (χ1n) is 3.79. The lowest BCUT2D eigenvalue weighted by Crippen LogP contribution is -2.40. The van der Waals surface area contributed by atoms with Crippen LogP contribution in [0.25, 0.3) is 0 Å². The minimum atomic E-state index is -2.03. The zero-order valence-electron chi connectivity index (χ0n) is 7.60. The minimum Gasteiger partial charge on any atom is -0.432 e. The molecular weight excluding hydrogens is 130 g/mol. The molecule has 0 bridgehead atoms. The van der Waals surface area contributed by atoms with E-state index in [1.54, 1.807) is 0 Å². The van der Waals surface area contributed by atoms with Gasteiger partial charge in [-0.25, -0.2) is 0 Å². The summed E-state index contributed by atoms with van der Waals surface area (Å²) in [6.45, 7) is 7.69. The zero-order chi connectivity index (χ0) is 8.36. The van der Waals surface area contributed by atoms with Crippen molar-refractivity contribution in [2.75, 3.05) is 0 Å². The molecule has 3 heteroatoms. The maximum Gasteiger partial charge on any atom is 0.186 e. The molecule has 0 aromatic heterocycles. The highest BCUT2D eigenvalue weighted by Crippen LogP contribution is 2.20. The standard InChI is InChI=1S/C6H17NOSi/c1-5(7)6(2)9(3,4)8/h5-6,8H,7H2,1-4H3/t5-,6+/m0/s1/i/hT. The van der Waals surface area contributed by atoms with Crippen LogP contribution in [0.5, 0.6) is 0 Å². The van der Waals surface area contributed by atoms with Crippen LogP contribution in [-0.2, 0) is 0 Å². The summed E-state index contributed by atoms with van der Waals surface area (Å²) in [6, 6.07) is 0.0895. The number of hydrogen-bond acceptors (Lipinski definition) is 2. The Morgan fingerprint density at radius 2 is 2.00 bits per heavy atom. The van der Waals surface area contributed by atoms with Crippen LogP contribution in [0.2, 0.25) is 20.0 Å². The molecule has 0 aliphatic rings. The van der Waals surface area contributed by atoms with E-state index in [4.69, 9.17) is 1.41 Å². The first-order chi connectivity index (χ1) is 4.39. The maximum atomic E-state index is 9.60. The number of hydrogen-bond donors (Lipinski definition) is 2. The Balaban J connectivity index is 3.94. The number of rotatable bonds is 3.